The number of hydrogen-bond acceptors (Lipinski definition) is 6. The number of carbonyl (C=O) groups is 4. The lowest BCUT2D eigenvalue weighted by molar-refractivity contribution is -0.117. The summed E-state index contributed by atoms with van der Waals surface area (Å²) in [7, 11) is 0. The Morgan fingerprint density at radius 1 is 0.765 bits per heavy atom. The lowest BCUT2D eigenvalue weighted by Crippen LogP contribution is -2.44. The van der Waals surface area contributed by atoms with Gasteiger partial charge in [0.25, 0.3) is 0 Å². The number of alkyl halides is 2. The van der Waals surface area contributed by atoms with Crippen molar-refractivity contribution in [2.45, 2.75) is 69.4 Å². The standard InChI is InChI=1S/C34H29Cl6F3N2O6/c1-32(2,3)50-30(48)45(31(49)51-33(4,5)6)23-9-14(20(41)13-21(23)42)10-24(46)17-11-16(12-22(43)27(17)37)44-29(47)26-25(34(26,39)40)15-7-18(35)28(38)19(36)8-15/h7-9,11-13,25-26H,10H2,1-6H3,(H,44,47)/t25-,26+/m0/s1. The Balaban J connectivity index is 1.63. The molecule has 1 aliphatic rings. The van der Waals surface area contributed by atoms with Gasteiger partial charge in [0, 0.05) is 29.7 Å². The van der Waals surface area contributed by atoms with E-state index in [1.807, 2.05) is 0 Å². The van der Waals surface area contributed by atoms with Gasteiger partial charge in [0.2, 0.25) is 5.91 Å². The maximum absolute atomic E-state index is 15.2. The lowest BCUT2D eigenvalue weighted by Gasteiger charge is -2.29. The number of hydrogen-bond donors (Lipinski definition) is 1. The number of nitrogens with one attached hydrogen (secondary N) is 1. The number of anilines is 2. The highest BCUT2D eigenvalue weighted by molar-refractivity contribution is 6.54. The molecule has 0 saturated heterocycles. The second-order valence-electron chi connectivity index (χ2n) is 13.5. The van der Waals surface area contributed by atoms with Crippen molar-refractivity contribution in [3.8, 4) is 0 Å². The van der Waals surface area contributed by atoms with E-state index in [9.17, 15) is 19.2 Å². The van der Waals surface area contributed by atoms with E-state index in [0.29, 0.717) is 11.6 Å². The van der Waals surface area contributed by atoms with Gasteiger partial charge in [-0.3, -0.25) is 9.59 Å². The molecule has 0 bridgehead atoms. The van der Waals surface area contributed by atoms with Gasteiger partial charge in [-0.1, -0.05) is 46.4 Å². The Morgan fingerprint density at radius 2 is 1.29 bits per heavy atom. The Hall–Kier alpha value is -2.93. The summed E-state index contributed by atoms with van der Waals surface area (Å²) in [6.45, 7) is 8.99. The third-order valence-electron chi connectivity index (χ3n) is 7.16. The first-order valence-corrected chi connectivity index (χ1v) is 17.2. The largest absolute Gasteiger partial charge is 0.443 e. The summed E-state index contributed by atoms with van der Waals surface area (Å²) in [6.07, 6.45) is -3.54. The number of benzene rings is 3. The zero-order valence-electron chi connectivity index (χ0n) is 27.6. The average Bonchev–Trinajstić information content (AvgIpc) is 3.55. The minimum Gasteiger partial charge on any atom is -0.443 e. The van der Waals surface area contributed by atoms with Gasteiger partial charge in [-0.25, -0.2) is 22.8 Å². The van der Waals surface area contributed by atoms with Gasteiger partial charge < -0.3 is 14.8 Å². The molecular weight excluding hydrogens is 802 g/mol. The van der Waals surface area contributed by atoms with Crippen LogP contribution in [0.15, 0.2) is 36.4 Å². The topological polar surface area (TPSA) is 102 Å². The molecule has 1 fully saturated rings. The quantitative estimate of drug-likeness (QED) is 0.145. The molecule has 8 nitrogen and oxygen atoms in total. The molecule has 0 spiro atoms. The molecule has 1 saturated carbocycles. The van der Waals surface area contributed by atoms with Crippen LogP contribution in [-0.2, 0) is 20.7 Å². The molecule has 0 aromatic heterocycles. The Kier molecular flexibility index (Phi) is 11.9. The van der Waals surface area contributed by atoms with E-state index in [1.165, 1.54) is 53.7 Å². The highest BCUT2D eigenvalue weighted by atomic mass is 35.5. The Morgan fingerprint density at radius 3 is 1.80 bits per heavy atom. The zero-order chi connectivity index (χ0) is 38.5. The molecule has 51 heavy (non-hydrogen) atoms. The summed E-state index contributed by atoms with van der Waals surface area (Å²) in [5.41, 5.74) is -3.87. The van der Waals surface area contributed by atoms with E-state index < -0.39 is 97.0 Å². The molecule has 4 rings (SSSR count). The SMILES string of the molecule is CC(C)(C)OC(=O)N(C(=O)OC(C)(C)C)c1cc(CC(=O)c2cc(NC(=O)[C@H]3[C@H](c4cc(Cl)c(Cl)c(Cl)c4)C3(Cl)Cl)cc(F)c2Cl)c(F)cc1F. The van der Waals surface area contributed by atoms with Gasteiger partial charge in [-0.15, -0.1) is 23.2 Å². The van der Waals surface area contributed by atoms with Gasteiger partial charge >= 0.3 is 12.2 Å². The van der Waals surface area contributed by atoms with Crippen LogP contribution in [0.1, 0.15) is 68.9 Å². The summed E-state index contributed by atoms with van der Waals surface area (Å²) >= 11 is 37.2. The van der Waals surface area contributed by atoms with E-state index in [-0.39, 0.29) is 25.7 Å². The normalized spacial score (nSPS) is 16.7. The van der Waals surface area contributed by atoms with Gasteiger partial charge in [-0.2, -0.15) is 4.90 Å². The van der Waals surface area contributed by atoms with E-state index in [2.05, 4.69) is 5.32 Å². The minimum absolute atomic E-state index is 0.0902. The molecule has 1 N–H and O–H groups in total. The molecule has 0 unspecified atom stereocenters. The summed E-state index contributed by atoms with van der Waals surface area (Å²) in [4.78, 5) is 53.1. The number of Topliss-reactive ketones (excluding diaryl/α,β-unsaturated/α-hetero) is 1. The summed E-state index contributed by atoms with van der Waals surface area (Å²) in [5, 5.41) is 2.08. The van der Waals surface area contributed by atoms with Crippen molar-refractivity contribution < 1.29 is 41.8 Å². The summed E-state index contributed by atoms with van der Waals surface area (Å²) in [5.74, 6) is -7.31. The number of ketones is 1. The maximum atomic E-state index is 15.2. The molecule has 1 aliphatic carbocycles. The van der Waals surface area contributed by atoms with Crippen LogP contribution in [0.25, 0.3) is 0 Å². The van der Waals surface area contributed by atoms with Crippen molar-refractivity contribution >= 4 is 105 Å². The van der Waals surface area contributed by atoms with E-state index >= 15 is 13.2 Å². The van der Waals surface area contributed by atoms with Gasteiger partial charge in [0.15, 0.2) is 11.6 Å². The second-order valence-corrected chi connectivity index (χ2v) is 16.5. The van der Waals surface area contributed by atoms with Crippen LogP contribution in [-0.4, -0.2) is 39.4 Å². The number of ether oxygens (including phenoxy) is 2. The number of imide groups is 1. The van der Waals surface area contributed by atoms with Crippen molar-refractivity contribution in [2.24, 2.45) is 5.92 Å². The monoisotopic (exact) mass is 828 g/mol. The van der Waals surface area contributed by atoms with Gasteiger partial charge in [-0.05, 0) is 83.0 Å². The van der Waals surface area contributed by atoms with Crippen LogP contribution in [0.3, 0.4) is 0 Å². The first-order valence-electron chi connectivity index (χ1n) is 14.9. The Labute approximate surface area is 321 Å². The van der Waals surface area contributed by atoms with Crippen LogP contribution in [0, 0.1) is 23.4 Å². The summed E-state index contributed by atoms with van der Waals surface area (Å²) in [6, 6.07) is 5.88. The third kappa shape index (κ3) is 9.36. The van der Waals surface area contributed by atoms with Crippen molar-refractivity contribution in [3.05, 3.63) is 90.6 Å². The molecular formula is C34H29Cl6F3N2O6. The van der Waals surface area contributed by atoms with Crippen LogP contribution in [0.4, 0.5) is 34.1 Å². The van der Waals surface area contributed by atoms with Crippen LogP contribution in [0.2, 0.25) is 20.1 Å². The van der Waals surface area contributed by atoms with Crippen molar-refractivity contribution in [1.29, 1.82) is 0 Å². The molecule has 3 aromatic carbocycles. The third-order valence-corrected chi connectivity index (χ3v) is 9.68. The molecule has 2 atom stereocenters. The fourth-order valence-electron chi connectivity index (χ4n) is 4.95. The average molecular weight is 831 g/mol. The van der Waals surface area contributed by atoms with E-state index in [0.717, 1.165) is 18.2 Å². The second kappa shape index (κ2) is 14.8. The molecule has 0 aliphatic heterocycles. The van der Waals surface area contributed by atoms with Crippen molar-refractivity contribution in [3.63, 3.8) is 0 Å². The molecule has 274 valence electrons. The number of nitrogens with zero attached hydrogens (tertiary/aromatic N) is 1. The van der Waals surface area contributed by atoms with Crippen LogP contribution >= 0.6 is 69.6 Å². The number of halogens is 9. The highest BCUT2D eigenvalue weighted by Crippen LogP contribution is 2.65. The van der Waals surface area contributed by atoms with E-state index in [1.54, 1.807) is 0 Å². The molecule has 17 heteroatoms. The van der Waals surface area contributed by atoms with E-state index in [4.69, 9.17) is 79.1 Å². The highest BCUT2D eigenvalue weighted by Gasteiger charge is 2.67. The number of amides is 3. The molecule has 3 aromatic rings. The van der Waals surface area contributed by atoms with Crippen LogP contribution in [0.5, 0.6) is 0 Å². The predicted molar refractivity (Wildman–Crippen MR) is 192 cm³/mol. The molecule has 0 heterocycles. The van der Waals surface area contributed by atoms with Crippen LogP contribution < -0.4 is 10.2 Å². The predicted octanol–water partition coefficient (Wildman–Crippen LogP) is 11.3. The smallest absolute Gasteiger partial charge is 0.424 e. The lowest BCUT2D eigenvalue weighted by atomic mass is 10.0. The number of rotatable bonds is 7. The summed E-state index contributed by atoms with van der Waals surface area (Å²) < 4.78 is 54.2. The Bertz CT molecular complexity index is 1900. The van der Waals surface area contributed by atoms with Gasteiger partial charge in [0.1, 0.15) is 27.2 Å². The molecule has 0 radical (unpaired) electrons. The van der Waals surface area contributed by atoms with Gasteiger partial charge in [0.05, 0.1) is 31.7 Å². The zero-order valence-corrected chi connectivity index (χ0v) is 32.2. The minimum atomic E-state index is -1.61. The fraction of sp³-hybridized carbons (Fsp3) is 0.353. The fourth-order valence-corrected chi connectivity index (χ4v) is 6.60. The van der Waals surface area contributed by atoms with Crippen molar-refractivity contribution in [2.75, 3.05) is 10.2 Å². The number of carbonyl (C=O) groups excluding carboxylic acids is 4. The van der Waals surface area contributed by atoms with Crippen molar-refractivity contribution in [1.82, 2.24) is 0 Å². The molecule has 3 amide bonds. The maximum Gasteiger partial charge on any atom is 0.424 e. The first kappa shape index (κ1) is 40.8. The first-order chi connectivity index (χ1) is 23.3.